The van der Waals surface area contributed by atoms with E-state index < -0.39 is 18.6 Å². The van der Waals surface area contributed by atoms with Crippen LogP contribution < -0.4 is 5.73 Å². The van der Waals surface area contributed by atoms with E-state index >= 15 is 0 Å². The predicted molar refractivity (Wildman–Crippen MR) is 67.7 cm³/mol. The lowest BCUT2D eigenvalue weighted by molar-refractivity contribution is -0.140. The summed E-state index contributed by atoms with van der Waals surface area (Å²) in [5.74, 6) is -0.677. The number of carbonyl (C=O) groups is 1. The topological polar surface area (TPSA) is 46.3 Å². The maximum Gasteiger partial charge on any atom is 0.406 e. The summed E-state index contributed by atoms with van der Waals surface area (Å²) < 4.78 is 37.5. The van der Waals surface area contributed by atoms with Gasteiger partial charge >= 0.3 is 6.18 Å². The van der Waals surface area contributed by atoms with Crippen LogP contribution in [0.4, 0.5) is 18.9 Å². The van der Waals surface area contributed by atoms with Crippen molar-refractivity contribution in [3.8, 4) is 0 Å². The second-order valence-electron chi connectivity index (χ2n) is 4.28. The maximum absolute atomic E-state index is 12.5. The minimum atomic E-state index is -4.41. The minimum Gasteiger partial charge on any atom is -0.398 e. The van der Waals surface area contributed by atoms with Crippen molar-refractivity contribution in [1.82, 2.24) is 4.90 Å². The molecular weight excluding hydrogens is 257 g/mol. The van der Waals surface area contributed by atoms with Crippen molar-refractivity contribution in [3.05, 3.63) is 29.8 Å². The van der Waals surface area contributed by atoms with Crippen LogP contribution in [0.2, 0.25) is 0 Å². The molecule has 6 heteroatoms. The Balaban J connectivity index is 2.91. The molecule has 0 saturated carbocycles. The fraction of sp³-hybridized carbons (Fsp3) is 0.462. The third-order valence-electron chi connectivity index (χ3n) is 2.63. The van der Waals surface area contributed by atoms with Crippen LogP contribution in [0, 0.1) is 0 Å². The molecule has 1 aromatic rings. The van der Waals surface area contributed by atoms with Crippen LogP contribution in [0.5, 0.6) is 0 Å². The van der Waals surface area contributed by atoms with Crippen LogP contribution in [-0.4, -0.2) is 30.1 Å². The second-order valence-corrected chi connectivity index (χ2v) is 4.28. The molecule has 0 aliphatic heterocycles. The first kappa shape index (κ1) is 15.3. The molecule has 0 atom stereocenters. The summed E-state index contributed by atoms with van der Waals surface area (Å²) in [5, 5.41) is 0. The SMILES string of the molecule is CCCCN(CC(F)(F)F)C(=O)c1ccccc1N. The number of nitrogens with zero attached hydrogens (tertiary/aromatic N) is 1. The lowest BCUT2D eigenvalue weighted by atomic mass is 10.1. The highest BCUT2D eigenvalue weighted by molar-refractivity contribution is 5.99. The molecule has 0 aromatic heterocycles. The van der Waals surface area contributed by atoms with Gasteiger partial charge < -0.3 is 10.6 Å². The number of para-hydroxylation sites is 1. The summed E-state index contributed by atoms with van der Waals surface area (Å²) in [7, 11) is 0. The number of alkyl halides is 3. The number of halogens is 3. The minimum absolute atomic E-state index is 0.0726. The maximum atomic E-state index is 12.5. The highest BCUT2D eigenvalue weighted by Gasteiger charge is 2.33. The molecule has 2 N–H and O–H groups in total. The van der Waals surface area contributed by atoms with Gasteiger partial charge in [-0.3, -0.25) is 4.79 Å². The summed E-state index contributed by atoms with van der Waals surface area (Å²) in [6, 6.07) is 6.15. The van der Waals surface area contributed by atoms with E-state index in [1.54, 1.807) is 12.1 Å². The van der Waals surface area contributed by atoms with Crippen LogP contribution in [0.15, 0.2) is 24.3 Å². The average molecular weight is 274 g/mol. The Hall–Kier alpha value is -1.72. The van der Waals surface area contributed by atoms with Crippen LogP contribution in [0.25, 0.3) is 0 Å². The van der Waals surface area contributed by atoms with Gasteiger partial charge in [-0.1, -0.05) is 25.5 Å². The number of benzene rings is 1. The molecular formula is C13H17F3N2O. The van der Waals surface area contributed by atoms with Crippen molar-refractivity contribution in [2.45, 2.75) is 25.9 Å². The highest BCUT2D eigenvalue weighted by atomic mass is 19.4. The number of nitrogens with two attached hydrogens (primary N) is 1. The van der Waals surface area contributed by atoms with Gasteiger partial charge in [0.2, 0.25) is 0 Å². The zero-order chi connectivity index (χ0) is 14.5. The number of amides is 1. The van der Waals surface area contributed by atoms with Crippen LogP contribution in [0.1, 0.15) is 30.1 Å². The van der Waals surface area contributed by atoms with Crippen LogP contribution >= 0.6 is 0 Å². The summed E-state index contributed by atoms with van der Waals surface area (Å²) >= 11 is 0. The molecule has 0 spiro atoms. The largest absolute Gasteiger partial charge is 0.406 e. The summed E-state index contributed by atoms with van der Waals surface area (Å²) in [4.78, 5) is 12.9. The molecule has 0 unspecified atom stereocenters. The van der Waals surface area contributed by atoms with E-state index in [0.29, 0.717) is 12.8 Å². The molecule has 0 radical (unpaired) electrons. The van der Waals surface area contributed by atoms with Gasteiger partial charge in [0, 0.05) is 12.2 Å². The van der Waals surface area contributed by atoms with Gasteiger partial charge in [0.05, 0.1) is 5.56 Å². The quantitative estimate of drug-likeness (QED) is 0.839. The van der Waals surface area contributed by atoms with E-state index in [0.717, 1.165) is 4.90 Å². The number of unbranched alkanes of at least 4 members (excludes halogenated alkanes) is 1. The zero-order valence-electron chi connectivity index (χ0n) is 10.7. The molecule has 0 bridgehead atoms. The Morgan fingerprint density at radius 3 is 2.47 bits per heavy atom. The van der Waals surface area contributed by atoms with Crippen LogP contribution in [-0.2, 0) is 0 Å². The van der Waals surface area contributed by atoms with Crippen molar-refractivity contribution in [2.24, 2.45) is 0 Å². The lowest BCUT2D eigenvalue weighted by Crippen LogP contribution is -2.39. The van der Waals surface area contributed by atoms with Crippen molar-refractivity contribution >= 4 is 11.6 Å². The zero-order valence-corrected chi connectivity index (χ0v) is 10.7. The molecule has 0 fully saturated rings. The van der Waals surface area contributed by atoms with Gasteiger partial charge in [0.25, 0.3) is 5.91 Å². The first-order valence-electron chi connectivity index (χ1n) is 6.05. The van der Waals surface area contributed by atoms with E-state index in [1.807, 2.05) is 6.92 Å². The Morgan fingerprint density at radius 2 is 1.95 bits per heavy atom. The smallest absolute Gasteiger partial charge is 0.398 e. The monoisotopic (exact) mass is 274 g/mol. The molecule has 0 saturated heterocycles. The normalized spacial score (nSPS) is 11.4. The molecule has 3 nitrogen and oxygen atoms in total. The number of anilines is 1. The van der Waals surface area contributed by atoms with Gasteiger partial charge in [-0.2, -0.15) is 13.2 Å². The number of nitrogen functional groups attached to an aromatic ring is 1. The van der Waals surface area contributed by atoms with E-state index in [9.17, 15) is 18.0 Å². The van der Waals surface area contributed by atoms with E-state index in [1.165, 1.54) is 12.1 Å². The van der Waals surface area contributed by atoms with Gasteiger partial charge in [0.1, 0.15) is 6.54 Å². The Labute approximate surface area is 110 Å². The number of carbonyl (C=O) groups excluding carboxylic acids is 1. The number of hydrogen-bond donors (Lipinski definition) is 1. The van der Waals surface area contributed by atoms with Crippen molar-refractivity contribution < 1.29 is 18.0 Å². The summed E-state index contributed by atoms with van der Waals surface area (Å²) in [5.41, 5.74) is 5.93. The molecule has 106 valence electrons. The van der Waals surface area contributed by atoms with E-state index in [2.05, 4.69) is 0 Å². The van der Waals surface area contributed by atoms with Gasteiger partial charge in [0.15, 0.2) is 0 Å². The molecule has 1 amide bonds. The standard InChI is InChI=1S/C13H17F3N2O/c1-2-3-8-18(9-13(14,15)16)12(19)10-6-4-5-7-11(10)17/h4-7H,2-3,8-9,17H2,1H3. The fourth-order valence-electron chi connectivity index (χ4n) is 1.68. The van der Waals surface area contributed by atoms with Gasteiger partial charge in [-0.25, -0.2) is 0 Å². The van der Waals surface area contributed by atoms with E-state index in [-0.39, 0.29) is 17.8 Å². The third kappa shape index (κ3) is 4.81. The molecule has 1 rings (SSSR count). The van der Waals surface area contributed by atoms with Gasteiger partial charge in [-0.15, -0.1) is 0 Å². The van der Waals surface area contributed by atoms with Crippen molar-refractivity contribution in [2.75, 3.05) is 18.8 Å². The average Bonchev–Trinajstić information content (AvgIpc) is 2.33. The highest BCUT2D eigenvalue weighted by Crippen LogP contribution is 2.20. The molecule has 19 heavy (non-hydrogen) atoms. The van der Waals surface area contributed by atoms with Crippen molar-refractivity contribution in [3.63, 3.8) is 0 Å². The van der Waals surface area contributed by atoms with Crippen LogP contribution in [0.3, 0.4) is 0 Å². The lowest BCUT2D eigenvalue weighted by Gasteiger charge is -2.24. The molecule has 0 heterocycles. The second kappa shape index (κ2) is 6.45. The summed E-state index contributed by atoms with van der Waals surface area (Å²) in [6.07, 6.45) is -3.17. The number of rotatable bonds is 5. The Bertz CT molecular complexity index is 432. The first-order valence-corrected chi connectivity index (χ1v) is 6.05. The third-order valence-corrected chi connectivity index (χ3v) is 2.63. The van der Waals surface area contributed by atoms with E-state index in [4.69, 9.17) is 5.73 Å². The fourth-order valence-corrected chi connectivity index (χ4v) is 1.68. The molecule has 0 aliphatic rings. The number of hydrogen-bond acceptors (Lipinski definition) is 2. The van der Waals surface area contributed by atoms with Gasteiger partial charge in [-0.05, 0) is 18.6 Å². The molecule has 0 aliphatic carbocycles. The molecule has 1 aromatic carbocycles. The Morgan fingerprint density at radius 1 is 1.32 bits per heavy atom. The predicted octanol–water partition coefficient (Wildman–Crippen LogP) is 3.07. The summed E-state index contributed by atoms with van der Waals surface area (Å²) in [6.45, 7) is 0.677. The Kier molecular flexibility index (Phi) is 5.20. The first-order chi connectivity index (χ1) is 8.85. The van der Waals surface area contributed by atoms with Crippen molar-refractivity contribution in [1.29, 1.82) is 0 Å².